The van der Waals surface area contributed by atoms with Gasteiger partial charge in [-0.05, 0) is 25.2 Å². The van der Waals surface area contributed by atoms with Crippen LogP contribution in [0.1, 0.15) is 11.3 Å². The lowest BCUT2D eigenvalue weighted by molar-refractivity contribution is -0.137. The van der Waals surface area contributed by atoms with Crippen LogP contribution >= 0.6 is 0 Å². The number of para-hydroxylation sites is 1. The van der Waals surface area contributed by atoms with E-state index in [4.69, 9.17) is 0 Å². The largest absolute Gasteiger partial charge is 0.418 e. The number of nitrogens with zero attached hydrogens (tertiary/aromatic N) is 2. The first kappa shape index (κ1) is 12.6. The van der Waals surface area contributed by atoms with Gasteiger partial charge in [-0.25, -0.2) is 4.68 Å². The van der Waals surface area contributed by atoms with Crippen molar-refractivity contribution in [3.63, 3.8) is 0 Å². The third-order valence-electron chi connectivity index (χ3n) is 2.52. The lowest BCUT2D eigenvalue weighted by Gasteiger charge is -2.14. The summed E-state index contributed by atoms with van der Waals surface area (Å²) >= 11 is 0. The lowest BCUT2D eigenvalue weighted by atomic mass is 10.1. The van der Waals surface area contributed by atoms with Crippen LogP contribution in [0.4, 0.5) is 13.2 Å². The molecule has 2 rings (SSSR count). The number of hydrogen-bond donors (Lipinski definition) is 1. The van der Waals surface area contributed by atoms with Gasteiger partial charge in [0.05, 0.1) is 16.9 Å². The molecule has 0 amide bonds. The first-order chi connectivity index (χ1) is 8.54. The summed E-state index contributed by atoms with van der Waals surface area (Å²) in [7, 11) is 1.73. The van der Waals surface area contributed by atoms with Crippen LogP contribution in [0.5, 0.6) is 0 Å². The molecule has 0 aliphatic carbocycles. The van der Waals surface area contributed by atoms with Crippen LogP contribution in [0, 0.1) is 0 Å². The number of benzene rings is 1. The molecule has 0 unspecified atom stereocenters. The Balaban J connectivity index is 2.54. The van der Waals surface area contributed by atoms with Gasteiger partial charge < -0.3 is 5.32 Å². The fourth-order valence-electron chi connectivity index (χ4n) is 1.76. The van der Waals surface area contributed by atoms with E-state index >= 15 is 0 Å². The monoisotopic (exact) mass is 255 g/mol. The first-order valence-electron chi connectivity index (χ1n) is 5.38. The minimum absolute atomic E-state index is 0.0419. The van der Waals surface area contributed by atoms with E-state index in [-0.39, 0.29) is 5.69 Å². The Kier molecular flexibility index (Phi) is 3.38. The van der Waals surface area contributed by atoms with Gasteiger partial charge in [0.25, 0.3) is 0 Å². The zero-order chi connectivity index (χ0) is 13.2. The number of halogens is 3. The molecule has 0 atom stereocenters. The molecule has 0 spiro atoms. The molecule has 1 aromatic heterocycles. The molecule has 6 heteroatoms. The second-order valence-corrected chi connectivity index (χ2v) is 3.78. The fraction of sp³-hybridized carbons (Fsp3) is 0.250. The summed E-state index contributed by atoms with van der Waals surface area (Å²) in [6.07, 6.45) is -2.90. The normalized spacial score (nSPS) is 11.8. The van der Waals surface area contributed by atoms with Crippen LogP contribution in [0.25, 0.3) is 5.69 Å². The first-order valence-corrected chi connectivity index (χ1v) is 5.38. The topological polar surface area (TPSA) is 29.9 Å². The van der Waals surface area contributed by atoms with Crippen molar-refractivity contribution in [3.8, 4) is 5.69 Å². The predicted octanol–water partition coefficient (Wildman–Crippen LogP) is 2.61. The third kappa shape index (κ3) is 2.38. The van der Waals surface area contributed by atoms with E-state index in [0.717, 1.165) is 6.07 Å². The highest BCUT2D eigenvalue weighted by Gasteiger charge is 2.34. The molecule has 0 saturated heterocycles. The Hall–Kier alpha value is -1.82. The molecule has 0 aliphatic heterocycles. The quantitative estimate of drug-likeness (QED) is 0.913. The van der Waals surface area contributed by atoms with Gasteiger partial charge in [0.1, 0.15) is 0 Å². The minimum Gasteiger partial charge on any atom is -0.314 e. The summed E-state index contributed by atoms with van der Waals surface area (Å²) < 4.78 is 40.0. The number of nitrogens with one attached hydrogen (secondary N) is 1. The summed E-state index contributed by atoms with van der Waals surface area (Å²) in [5.74, 6) is 0. The summed E-state index contributed by atoms with van der Waals surface area (Å²) in [5.41, 5.74) is 0.0282. The molecule has 0 bridgehead atoms. The maximum absolute atomic E-state index is 12.9. The molecule has 1 aromatic carbocycles. The van der Waals surface area contributed by atoms with Crippen molar-refractivity contribution < 1.29 is 13.2 Å². The lowest BCUT2D eigenvalue weighted by Crippen LogP contribution is -2.15. The third-order valence-corrected chi connectivity index (χ3v) is 2.52. The Labute approximate surface area is 102 Å². The molecule has 3 nitrogen and oxygen atoms in total. The van der Waals surface area contributed by atoms with Gasteiger partial charge in [-0.3, -0.25) is 0 Å². The number of alkyl halides is 3. The van der Waals surface area contributed by atoms with Gasteiger partial charge in [0.15, 0.2) is 0 Å². The van der Waals surface area contributed by atoms with Gasteiger partial charge in [-0.2, -0.15) is 18.3 Å². The highest BCUT2D eigenvalue weighted by Crippen LogP contribution is 2.33. The SMILES string of the molecule is CNCc1ccnn1-c1ccccc1C(F)(F)F. The van der Waals surface area contributed by atoms with Crippen molar-refractivity contribution in [1.29, 1.82) is 0 Å². The Morgan fingerprint density at radius 3 is 2.61 bits per heavy atom. The van der Waals surface area contributed by atoms with Crippen LogP contribution in [-0.4, -0.2) is 16.8 Å². The van der Waals surface area contributed by atoms with Gasteiger partial charge in [0.2, 0.25) is 0 Å². The van der Waals surface area contributed by atoms with Crippen molar-refractivity contribution in [1.82, 2.24) is 15.1 Å². The van der Waals surface area contributed by atoms with Gasteiger partial charge >= 0.3 is 6.18 Å². The Morgan fingerprint density at radius 1 is 1.22 bits per heavy atom. The summed E-state index contributed by atoms with van der Waals surface area (Å²) in [4.78, 5) is 0. The van der Waals surface area contributed by atoms with Gasteiger partial charge in [-0.15, -0.1) is 0 Å². The van der Waals surface area contributed by atoms with Crippen molar-refractivity contribution >= 4 is 0 Å². The predicted molar refractivity (Wildman–Crippen MR) is 61.3 cm³/mol. The van der Waals surface area contributed by atoms with E-state index in [1.807, 2.05) is 0 Å². The maximum Gasteiger partial charge on any atom is 0.418 e. The van der Waals surface area contributed by atoms with Crippen LogP contribution in [0.3, 0.4) is 0 Å². The van der Waals surface area contributed by atoms with E-state index < -0.39 is 11.7 Å². The highest BCUT2D eigenvalue weighted by atomic mass is 19.4. The molecule has 18 heavy (non-hydrogen) atoms. The molecule has 1 heterocycles. The average Bonchev–Trinajstić information content (AvgIpc) is 2.77. The highest BCUT2D eigenvalue weighted by molar-refractivity contribution is 5.43. The van der Waals surface area contributed by atoms with E-state index in [1.165, 1.54) is 23.0 Å². The molecule has 1 N–H and O–H groups in total. The Bertz CT molecular complexity index is 531. The van der Waals surface area contributed by atoms with E-state index in [9.17, 15) is 13.2 Å². The van der Waals surface area contributed by atoms with Crippen LogP contribution in [0.15, 0.2) is 36.5 Å². The number of hydrogen-bond acceptors (Lipinski definition) is 2. The molecular formula is C12H12F3N3. The van der Waals surface area contributed by atoms with Crippen molar-refractivity contribution in [2.24, 2.45) is 0 Å². The number of rotatable bonds is 3. The summed E-state index contributed by atoms with van der Waals surface area (Å²) in [6, 6.07) is 7.09. The van der Waals surface area contributed by atoms with Crippen LogP contribution in [0.2, 0.25) is 0 Å². The average molecular weight is 255 g/mol. The molecule has 0 fully saturated rings. The summed E-state index contributed by atoms with van der Waals surface area (Å²) in [5, 5.41) is 6.85. The summed E-state index contributed by atoms with van der Waals surface area (Å²) in [6.45, 7) is 0.451. The molecule has 0 aliphatic rings. The van der Waals surface area contributed by atoms with Crippen LogP contribution in [-0.2, 0) is 12.7 Å². The molecule has 0 saturated carbocycles. The smallest absolute Gasteiger partial charge is 0.314 e. The van der Waals surface area contributed by atoms with Crippen molar-refractivity contribution in [2.45, 2.75) is 12.7 Å². The van der Waals surface area contributed by atoms with Crippen molar-refractivity contribution in [2.75, 3.05) is 7.05 Å². The van der Waals surface area contributed by atoms with Gasteiger partial charge in [-0.1, -0.05) is 12.1 Å². The second-order valence-electron chi connectivity index (χ2n) is 3.78. The van der Waals surface area contributed by atoms with E-state index in [0.29, 0.717) is 12.2 Å². The standard InChI is InChI=1S/C12H12F3N3/c1-16-8-9-6-7-17-18(9)11-5-3-2-4-10(11)12(13,14)15/h2-7,16H,8H2,1H3. The minimum atomic E-state index is -4.39. The molecule has 2 aromatic rings. The zero-order valence-corrected chi connectivity index (χ0v) is 9.70. The van der Waals surface area contributed by atoms with E-state index in [2.05, 4.69) is 10.4 Å². The second kappa shape index (κ2) is 4.81. The molecular weight excluding hydrogens is 243 g/mol. The Morgan fingerprint density at radius 2 is 1.94 bits per heavy atom. The van der Waals surface area contributed by atoms with Crippen molar-refractivity contribution in [3.05, 3.63) is 47.8 Å². The van der Waals surface area contributed by atoms with E-state index in [1.54, 1.807) is 19.2 Å². The fourth-order valence-corrected chi connectivity index (χ4v) is 1.76. The molecule has 0 radical (unpaired) electrons. The van der Waals surface area contributed by atoms with Crippen LogP contribution < -0.4 is 5.32 Å². The van der Waals surface area contributed by atoms with Gasteiger partial charge in [0, 0.05) is 12.7 Å². The molecule has 96 valence electrons. The zero-order valence-electron chi connectivity index (χ0n) is 9.70. The number of aromatic nitrogens is 2. The maximum atomic E-state index is 12.9.